The molecule has 0 bridgehead atoms. The van der Waals surface area contributed by atoms with E-state index in [-0.39, 0.29) is 43.1 Å². The molecule has 0 aliphatic rings. The molecule has 6 nitrogen and oxygen atoms in total. The predicted octanol–water partition coefficient (Wildman–Crippen LogP) is 0.500. The first-order valence-electron chi connectivity index (χ1n) is 6.88. The van der Waals surface area contributed by atoms with Crippen LogP contribution in [0.3, 0.4) is 0 Å². The van der Waals surface area contributed by atoms with Crippen molar-refractivity contribution in [2.75, 3.05) is 25.9 Å². The molecule has 0 fully saturated rings. The van der Waals surface area contributed by atoms with Crippen LogP contribution in [0.2, 0.25) is 0 Å². The number of hydrogen-bond acceptors (Lipinski definition) is 4. The van der Waals surface area contributed by atoms with Crippen LogP contribution in [-0.2, 0) is 21.4 Å². The van der Waals surface area contributed by atoms with Gasteiger partial charge in [-0.3, -0.25) is 4.79 Å². The maximum absolute atomic E-state index is 11.8. The minimum absolute atomic E-state index is 0. The van der Waals surface area contributed by atoms with Crippen LogP contribution in [0, 0.1) is 5.92 Å². The van der Waals surface area contributed by atoms with Crippen molar-refractivity contribution in [2.24, 2.45) is 5.92 Å². The molecule has 0 radical (unpaired) electrons. The Bertz CT molecular complexity index is 538. The number of carbonyl (C=O) groups is 1. The molecule has 3 N–H and O–H groups in total. The average molecular weight is 350 g/mol. The molecule has 0 spiro atoms. The fourth-order valence-corrected chi connectivity index (χ4v) is 2.64. The summed E-state index contributed by atoms with van der Waals surface area (Å²) in [5.41, 5.74) is 0.896. The lowest BCUT2D eigenvalue weighted by atomic mass is 10.1. The highest BCUT2D eigenvalue weighted by Crippen LogP contribution is 1.98. The van der Waals surface area contributed by atoms with E-state index in [9.17, 15) is 13.2 Å². The molecule has 1 atom stereocenters. The van der Waals surface area contributed by atoms with Crippen LogP contribution in [0.1, 0.15) is 12.5 Å². The molecule has 8 heteroatoms. The Morgan fingerprint density at radius 1 is 1.23 bits per heavy atom. The third kappa shape index (κ3) is 8.33. The molecule has 0 heterocycles. The van der Waals surface area contributed by atoms with Crippen molar-refractivity contribution < 1.29 is 13.2 Å². The molecule has 1 amide bonds. The first-order chi connectivity index (χ1) is 9.94. The summed E-state index contributed by atoms with van der Waals surface area (Å²) in [5.74, 6) is -0.463. The van der Waals surface area contributed by atoms with Crippen molar-refractivity contribution in [1.29, 1.82) is 0 Å². The van der Waals surface area contributed by atoms with Crippen LogP contribution >= 0.6 is 12.4 Å². The third-order valence-corrected chi connectivity index (χ3v) is 4.29. The van der Waals surface area contributed by atoms with Gasteiger partial charge in [0.2, 0.25) is 15.9 Å². The zero-order valence-electron chi connectivity index (χ0n) is 12.8. The van der Waals surface area contributed by atoms with Crippen LogP contribution in [0.5, 0.6) is 0 Å². The Kier molecular flexibility index (Phi) is 10.0. The highest BCUT2D eigenvalue weighted by Gasteiger charge is 2.14. The Labute approximate surface area is 138 Å². The number of rotatable bonds is 9. The number of carbonyl (C=O) groups excluding carboxylic acids is 1. The van der Waals surface area contributed by atoms with Gasteiger partial charge in [-0.05, 0) is 12.6 Å². The molecule has 1 rings (SSSR count). The van der Waals surface area contributed by atoms with Gasteiger partial charge in [0.15, 0.2) is 0 Å². The van der Waals surface area contributed by atoms with Crippen molar-refractivity contribution in [3.63, 3.8) is 0 Å². The minimum Gasteiger partial charge on any atom is -0.355 e. The number of benzene rings is 1. The fourth-order valence-electron chi connectivity index (χ4n) is 1.74. The van der Waals surface area contributed by atoms with Crippen LogP contribution in [0.15, 0.2) is 30.3 Å². The normalized spacial score (nSPS) is 12.3. The highest BCUT2D eigenvalue weighted by molar-refractivity contribution is 7.89. The molecule has 1 aromatic carbocycles. The van der Waals surface area contributed by atoms with Gasteiger partial charge in [-0.2, -0.15) is 0 Å². The van der Waals surface area contributed by atoms with E-state index >= 15 is 0 Å². The molecule has 0 aliphatic heterocycles. The molecule has 0 aromatic heterocycles. The Morgan fingerprint density at radius 2 is 1.86 bits per heavy atom. The maximum Gasteiger partial charge on any atom is 0.224 e. The second-order valence-corrected chi connectivity index (χ2v) is 6.80. The molecule has 1 unspecified atom stereocenters. The molecule has 0 saturated heterocycles. The Hall–Kier alpha value is -1.15. The predicted molar refractivity (Wildman–Crippen MR) is 90.4 cm³/mol. The fraction of sp³-hybridized carbons (Fsp3) is 0.500. The SMILES string of the molecule is CNCC(C)C(=O)NCCS(=O)(=O)NCc1ccccc1.Cl. The van der Waals surface area contributed by atoms with E-state index in [1.165, 1.54) is 0 Å². The van der Waals surface area contributed by atoms with Crippen molar-refractivity contribution in [2.45, 2.75) is 13.5 Å². The standard InChI is InChI=1S/C14H23N3O3S.ClH/c1-12(10-15-2)14(18)16-8-9-21(19,20)17-11-13-6-4-3-5-7-13;/h3-7,12,15,17H,8-11H2,1-2H3,(H,16,18);1H. The second-order valence-electron chi connectivity index (χ2n) is 4.88. The van der Waals surface area contributed by atoms with Gasteiger partial charge in [-0.25, -0.2) is 13.1 Å². The monoisotopic (exact) mass is 349 g/mol. The van der Waals surface area contributed by atoms with Crippen LogP contribution in [-0.4, -0.2) is 40.2 Å². The van der Waals surface area contributed by atoms with E-state index < -0.39 is 10.0 Å². The Balaban J connectivity index is 0.00000441. The third-order valence-electron chi connectivity index (χ3n) is 2.97. The van der Waals surface area contributed by atoms with E-state index in [2.05, 4.69) is 15.4 Å². The number of nitrogens with one attached hydrogen (secondary N) is 3. The van der Waals surface area contributed by atoms with E-state index in [0.29, 0.717) is 6.54 Å². The number of amides is 1. The van der Waals surface area contributed by atoms with E-state index in [0.717, 1.165) is 5.56 Å². The van der Waals surface area contributed by atoms with E-state index in [1.807, 2.05) is 30.3 Å². The van der Waals surface area contributed by atoms with Crippen molar-refractivity contribution in [3.05, 3.63) is 35.9 Å². The van der Waals surface area contributed by atoms with Gasteiger partial charge < -0.3 is 10.6 Å². The summed E-state index contributed by atoms with van der Waals surface area (Å²) < 4.78 is 26.1. The first-order valence-corrected chi connectivity index (χ1v) is 8.53. The van der Waals surface area contributed by atoms with Gasteiger partial charge in [-0.15, -0.1) is 12.4 Å². The lowest BCUT2D eigenvalue weighted by Gasteiger charge is -2.12. The van der Waals surface area contributed by atoms with Crippen molar-refractivity contribution in [3.8, 4) is 0 Å². The first kappa shape index (κ1) is 20.9. The number of halogens is 1. The summed E-state index contributed by atoms with van der Waals surface area (Å²) in [6.45, 7) is 2.71. The van der Waals surface area contributed by atoms with E-state index in [1.54, 1.807) is 14.0 Å². The zero-order chi connectivity index (χ0) is 15.7. The molecular weight excluding hydrogens is 326 g/mol. The molecule has 0 aliphatic carbocycles. The summed E-state index contributed by atoms with van der Waals surface area (Å²) in [7, 11) is -1.63. The van der Waals surface area contributed by atoms with Crippen molar-refractivity contribution >= 4 is 28.3 Å². The zero-order valence-corrected chi connectivity index (χ0v) is 14.5. The summed E-state index contributed by atoms with van der Waals surface area (Å²) in [5, 5.41) is 5.53. The van der Waals surface area contributed by atoms with Crippen molar-refractivity contribution in [1.82, 2.24) is 15.4 Å². The lowest BCUT2D eigenvalue weighted by Crippen LogP contribution is -2.38. The topological polar surface area (TPSA) is 87.3 Å². The average Bonchev–Trinajstić information content (AvgIpc) is 2.46. The lowest BCUT2D eigenvalue weighted by molar-refractivity contribution is -0.124. The van der Waals surface area contributed by atoms with Gasteiger partial charge >= 0.3 is 0 Å². The molecular formula is C14H24ClN3O3S. The summed E-state index contributed by atoms with van der Waals surface area (Å²) in [4.78, 5) is 11.6. The highest BCUT2D eigenvalue weighted by atomic mass is 35.5. The Morgan fingerprint density at radius 3 is 2.45 bits per heavy atom. The largest absolute Gasteiger partial charge is 0.355 e. The smallest absolute Gasteiger partial charge is 0.224 e. The minimum atomic E-state index is -3.39. The number of sulfonamides is 1. The van der Waals surface area contributed by atoms with Gasteiger partial charge in [0.25, 0.3) is 0 Å². The summed E-state index contributed by atoms with van der Waals surface area (Å²) >= 11 is 0. The molecule has 126 valence electrons. The molecule has 1 aromatic rings. The van der Waals surface area contributed by atoms with Crippen LogP contribution in [0.4, 0.5) is 0 Å². The van der Waals surface area contributed by atoms with Crippen LogP contribution in [0.25, 0.3) is 0 Å². The quantitative estimate of drug-likeness (QED) is 0.606. The summed E-state index contributed by atoms with van der Waals surface area (Å²) in [6.07, 6.45) is 0. The van der Waals surface area contributed by atoms with Gasteiger partial charge in [0.1, 0.15) is 0 Å². The van der Waals surface area contributed by atoms with Gasteiger partial charge in [-0.1, -0.05) is 37.3 Å². The van der Waals surface area contributed by atoms with Crippen LogP contribution < -0.4 is 15.4 Å². The van der Waals surface area contributed by atoms with Gasteiger partial charge in [0.05, 0.1) is 5.75 Å². The van der Waals surface area contributed by atoms with Gasteiger partial charge in [0, 0.05) is 25.6 Å². The number of hydrogen-bond donors (Lipinski definition) is 3. The summed E-state index contributed by atoms with van der Waals surface area (Å²) in [6, 6.07) is 9.29. The molecule has 22 heavy (non-hydrogen) atoms. The van der Waals surface area contributed by atoms with E-state index in [4.69, 9.17) is 0 Å². The molecule has 0 saturated carbocycles. The maximum atomic E-state index is 11.8. The second kappa shape index (κ2) is 10.6.